The number of carbonyl (C=O) groups excluding carboxylic acids is 1. The van der Waals surface area contributed by atoms with Crippen molar-refractivity contribution in [3.05, 3.63) is 71.4 Å². The average molecular weight is 394 g/mol. The van der Waals surface area contributed by atoms with Crippen molar-refractivity contribution in [1.82, 2.24) is 14.9 Å². The highest BCUT2D eigenvalue weighted by atomic mass is 32.1. The fourth-order valence-electron chi connectivity index (χ4n) is 3.28. The van der Waals surface area contributed by atoms with Crippen molar-refractivity contribution < 1.29 is 4.79 Å². The Balaban J connectivity index is 1.24. The average Bonchev–Trinajstić information content (AvgIpc) is 3.16. The molecule has 0 bridgehead atoms. The number of hydrogen-bond donors (Lipinski definition) is 1. The maximum atomic E-state index is 12.4. The summed E-state index contributed by atoms with van der Waals surface area (Å²) in [6.07, 6.45) is 4.50. The van der Waals surface area contributed by atoms with E-state index in [4.69, 9.17) is 0 Å². The second-order valence-electron chi connectivity index (χ2n) is 6.79. The zero-order valence-corrected chi connectivity index (χ0v) is 16.4. The molecule has 2 aromatic heterocycles. The molecule has 0 atom stereocenters. The summed E-state index contributed by atoms with van der Waals surface area (Å²) in [5.74, 6) is 0.993. The van der Waals surface area contributed by atoms with Gasteiger partial charge in [0.15, 0.2) is 5.13 Å². The molecule has 0 radical (unpaired) electrons. The summed E-state index contributed by atoms with van der Waals surface area (Å²) in [5.41, 5.74) is 1.25. The molecule has 3 aromatic rings. The number of benzene rings is 1. The van der Waals surface area contributed by atoms with Crippen LogP contribution in [0.25, 0.3) is 0 Å². The first-order valence-corrected chi connectivity index (χ1v) is 10.2. The monoisotopic (exact) mass is 393 g/mol. The van der Waals surface area contributed by atoms with Gasteiger partial charge in [-0.05, 0) is 17.7 Å². The topological polar surface area (TPSA) is 61.4 Å². The molecule has 1 amide bonds. The first kappa shape index (κ1) is 18.6. The van der Waals surface area contributed by atoms with Gasteiger partial charge in [0.05, 0.1) is 6.54 Å². The second-order valence-corrected chi connectivity index (χ2v) is 7.91. The van der Waals surface area contributed by atoms with E-state index >= 15 is 0 Å². The van der Waals surface area contributed by atoms with Gasteiger partial charge in [-0.1, -0.05) is 36.4 Å². The van der Waals surface area contributed by atoms with Crippen LogP contribution in [0.3, 0.4) is 0 Å². The molecule has 0 spiro atoms. The van der Waals surface area contributed by atoms with E-state index in [1.54, 1.807) is 0 Å². The van der Waals surface area contributed by atoms with Crippen molar-refractivity contribution in [3.63, 3.8) is 0 Å². The van der Waals surface area contributed by atoms with Crippen molar-refractivity contribution in [3.8, 4) is 0 Å². The minimum Gasteiger partial charge on any atom is -0.354 e. The molecule has 1 aliphatic heterocycles. The van der Waals surface area contributed by atoms with Gasteiger partial charge in [-0.25, -0.2) is 9.97 Å². The molecule has 0 unspecified atom stereocenters. The van der Waals surface area contributed by atoms with Crippen LogP contribution in [-0.4, -0.2) is 53.5 Å². The van der Waals surface area contributed by atoms with E-state index in [1.165, 1.54) is 16.9 Å². The van der Waals surface area contributed by atoms with Gasteiger partial charge in [0.1, 0.15) is 5.82 Å². The minimum atomic E-state index is -0.00750. The molecule has 1 aromatic carbocycles. The summed E-state index contributed by atoms with van der Waals surface area (Å²) in [6, 6.07) is 16.2. The Morgan fingerprint density at radius 2 is 1.79 bits per heavy atom. The van der Waals surface area contributed by atoms with Crippen LogP contribution in [-0.2, 0) is 11.2 Å². The number of anilines is 2. The fraction of sp³-hybridized carbons (Fsp3) is 0.286. The van der Waals surface area contributed by atoms with E-state index in [9.17, 15) is 4.79 Å². The molecule has 1 aliphatic rings. The van der Waals surface area contributed by atoms with Gasteiger partial charge >= 0.3 is 0 Å². The number of amides is 1. The van der Waals surface area contributed by atoms with Crippen LogP contribution in [0, 0.1) is 0 Å². The smallest absolute Gasteiger partial charge is 0.240 e. The lowest BCUT2D eigenvalue weighted by Crippen LogP contribution is -2.48. The Morgan fingerprint density at radius 1 is 1.00 bits per heavy atom. The molecule has 1 saturated heterocycles. The van der Waals surface area contributed by atoms with E-state index in [0.717, 1.165) is 43.3 Å². The predicted octanol–water partition coefficient (Wildman–Crippen LogP) is 2.89. The molecule has 4 rings (SSSR count). The second kappa shape index (κ2) is 8.95. The Kier molecular flexibility index (Phi) is 5.94. The van der Waals surface area contributed by atoms with Gasteiger partial charge in [0, 0.05) is 49.9 Å². The number of nitrogens with one attached hydrogen (secondary N) is 1. The lowest BCUT2D eigenvalue weighted by atomic mass is 10.1. The van der Waals surface area contributed by atoms with Gasteiger partial charge in [-0.2, -0.15) is 0 Å². The number of carbonyl (C=O) groups is 1. The standard InChI is InChI=1S/C21H23N5OS/c27-20(16-25-10-12-26(13-11-25)19-8-4-5-9-22-19)24-21-23-15-18(28-21)14-17-6-2-1-3-7-17/h1-9,15H,10-14,16H2,(H,23,24,27). The maximum Gasteiger partial charge on any atom is 0.240 e. The number of aromatic nitrogens is 2. The molecule has 6 nitrogen and oxygen atoms in total. The summed E-state index contributed by atoms with van der Waals surface area (Å²) < 4.78 is 0. The van der Waals surface area contributed by atoms with Crippen LogP contribution >= 0.6 is 11.3 Å². The summed E-state index contributed by atoms with van der Waals surface area (Å²) in [7, 11) is 0. The van der Waals surface area contributed by atoms with Crippen molar-refractivity contribution in [2.75, 3.05) is 42.9 Å². The van der Waals surface area contributed by atoms with Crippen LogP contribution < -0.4 is 10.2 Å². The molecule has 0 saturated carbocycles. The van der Waals surface area contributed by atoms with Gasteiger partial charge in [-0.3, -0.25) is 9.69 Å². The lowest BCUT2D eigenvalue weighted by Gasteiger charge is -2.34. The normalized spacial score (nSPS) is 14.8. The quantitative estimate of drug-likeness (QED) is 0.698. The summed E-state index contributed by atoms with van der Waals surface area (Å²) in [6.45, 7) is 3.84. The van der Waals surface area contributed by atoms with E-state index in [1.807, 2.05) is 48.8 Å². The Morgan fingerprint density at radius 3 is 2.54 bits per heavy atom. The van der Waals surface area contributed by atoms with E-state index in [-0.39, 0.29) is 5.91 Å². The Hall–Kier alpha value is -2.77. The maximum absolute atomic E-state index is 12.4. The summed E-state index contributed by atoms with van der Waals surface area (Å²) in [5, 5.41) is 3.61. The molecule has 1 N–H and O–H groups in total. The molecule has 144 valence electrons. The van der Waals surface area contributed by atoms with Gasteiger partial charge in [0.2, 0.25) is 5.91 Å². The van der Waals surface area contributed by atoms with Crippen LogP contribution in [0.1, 0.15) is 10.4 Å². The van der Waals surface area contributed by atoms with E-state index in [0.29, 0.717) is 11.7 Å². The van der Waals surface area contributed by atoms with Crippen LogP contribution in [0.15, 0.2) is 60.9 Å². The number of piperazine rings is 1. The van der Waals surface area contributed by atoms with Gasteiger partial charge in [-0.15, -0.1) is 11.3 Å². The Labute approximate surface area is 168 Å². The number of nitrogens with zero attached hydrogens (tertiary/aromatic N) is 4. The van der Waals surface area contributed by atoms with Crippen molar-refractivity contribution in [2.45, 2.75) is 6.42 Å². The largest absolute Gasteiger partial charge is 0.354 e. The van der Waals surface area contributed by atoms with Crippen LogP contribution in [0.5, 0.6) is 0 Å². The molecule has 3 heterocycles. The lowest BCUT2D eigenvalue weighted by molar-refractivity contribution is -0.117. The van der Waals surface area contributed by atoms with Gasteiger partial charge < -0.3 is 10.2 Å². The Bertz CT molecular complexity index is 891. The highest BCUT2D eigenvalue weighted by Crippen LogP contribution is 2.21. The van der Waals surface area contributed by atoms with Crippen molar-refractivity contribution >= 4 is 28.2 Å². The molecule has 28 heavy (non-hydrogen) atoms. The highest BCUT2D eigenvalue weighted by molar-refractivity contribution is 7.15. The number of rotatable bonds is 6. The third-order valence-corrected chi connectivity index (χ3v) is 5.65. The fourth-order valence-corrected chi connectivity index (χ4v) is 4.14. The molecular weight excluding hydrogens is 370 g/mol. The van der Waals surface area contributed by atoms with Crippen molar-refractivity contribution in [1.29, 1.82) is 0 Å². The van der Waals surface area contributed by atoms with E-state index < -0.39 is 0 Å². The number of thiazole rings is 1. The third kappa shape index (κ3) is 4.94. The first-order valence-electron chi connectivity index (χ1n) is 9.43. The molecule has 7 heteroatoms. The summed E-state index contributed by atoms with van der Waals surface area (Å²) >= 11 is 1.54. The molecular formula is C21H23N5OS. The highest BCUT2D eigenvalue weighted by Gasteiger charge is 2.20. The predicted molar refractivity (Wildman–Crippen MR) is 113 cm³/mol. The number of pyridine rings is 1. The third-order valence-electron chi connectivity index (χ3n) is 4.73. The molecule has 1 fully saturated rings. The molecule has 0 aliphatic carbocycles. The SMILES string of the molecule is O=C(CN1CCN(c2ccccn2)CC1)Nc1ncc(Cc2ccccc2)s1. The summed E-state index contributed by atoms with van der Waals surface area (Å²) in [4.78, 5) is 26.7. The number of hydrogen-bond acceptors (Lipinski definition) is 6. The first-order chi connectivity index (χ1) is 13.8. The van der Waals surface area contributed by atoms with E-state index in [2.05, 4.69) is 37.2 Å². The van der Waals surface area contributed by atoms with Crippen LogP contribution in [0.4, 0.5) is 10.9 Å². The van der Waals surface area contributed by atoms with Crippen LogP contribution in [0.2, 0.25) is 0 Å². The minimum absolute atomic E-state index is 0.00750. The zero-order chi connectivity index (χ0) is 19.2. The van der Waals surface area contributed by atoms with Gasteiger partial charge in [0.25, 0.3) is 0 Å². The zero-order valence-electron chi connectivity index (χ0n) is 15.6. The van der Waals surface area contributed by atoms with Crippen molar-refractivity contribution in [2.24, 2.45) is 0 Å².